The van der Waals surface area contributed by atoms with Crippen LogP contribution in [-0.4, -0.2) is 40.7 Å². The summed E-state index contributed by atoms with van der Waals surface area (Å²) in [5.74, 6) is -1.94. The first-order valence-corrected chi connectivity index (χ1v) is 11.5. The van der Waals surface area contributed by atoms with Gasteiger partial charge in [-0.05, 0) is 40.3 Å². The van der Waals surface area contributed by atoms with E-state index < -0.39 is 24.0 Å². The van der Waals surface area contributed by atoms with Crippen molar-refractivity contribution in [1.29, 1.82) is 0 Å². The molecule has 1 heterocycles. The van der Waals surface area contributed by atoms with Crippen LogP contribution in [-0.2, 0) is 9.53 Å². The average Bonchev–Trinajstić information content (AvgIpc) is 3.19. The number of nitrogens with one attached hydrogen (secondary N) is 2. The van der Waals surface area contributed by atoms with Gasteiger partial charge < -0.3 is 15.2 Å². The molecule has 0 spiro atoms. The first-order chi connectivity index (χ1) is 16.9. The topological polar surface area (TPSA) is 118 Å². The Balaban J connectivity index is 1.40. The maximum Gasteiger partial charge on any atom is 0.412 e. The number of ether oxygens (including phenoxy) is 1. The number of pyridine rings is 1. The number of aromatic nitrogens is 1. The molecule has 4 rings (SSSR count). The monoisotopic (exact) mass is 473 g/mol. The van der Waals surface area contributed by atoms with Gasteiger partial charge in [0, 0.05) is 5.92 Å². The van der Waals surface area contributed by atoms with Crippen LogP contribution in [0.4, 0.5) is 10.6 Å². The molecule has 180 valence electrons. The quantitative estimate of drug-likeness (QED) is 0.438. The molecular weight excluding hydrogens is 446 g/mol. The Bertz CT molecular complexity index is 1210. The molecule has 8 nitrogen and oxygen atoms in total. The van der Waals surface area contributed by atoms with E-state index in [0.717, 1.165) is 22.3 Å². The number of amides is 2. The Morgan fingerprint density at radius 3 is 2.20 bits per heavy atom. The van der Waals surface area contributed by atoms with Crippen molar-refractivity contribution in [2.75, 3.05) is 11.9 Å². The molecule has 0 aliphatic heterocycles. The SMILES string of the molecule is CCC(C)[C@H](NC(=O)c1cccc(NC(=O)OCC2c3ccccc3-c3ccccc32)n1)C(=O)O. The number of carboxylic acid groups (broad SMARTS) is 1. The lowest BCUT2D eigenvalue weighted by Crippen LogP contribution is -2.45. The molecule has 1 aliphatic carbocycles. The van der Waals surface area contributed by atoms with Crippen LogP contribution in [0.1, 0.15) is 47.8 Å². The van der Waals surface area contributed by atoms with Crippen LogP contribution in [0.2, 0.25) is 0 Å². The Morgan fingerprint density at radius 2 is 1.60 bits per heavy atom. The van der Waals surface area contributed by atoms with Gasteiger partial charge in [0.15, 0.2) is 0 Å². The van der Waals surface area contributed by atoms with E-state index in [1.54, 1.807) is 13.0 Å². The van der Waals surface area contributed by atoms with Crippen molar-refractivity contribution in [2.45, 2.75) is 32.2 Å². The van der Waals surface area contributed by atoms with E-state index in [2.05, 4.69) is 27.8 Å². The lowest BCUT2D eigenvalue weighted by molar-refractivity contribution is -0.140. The number of hydrogen-bond acceptors (Lipinski definition) is 5. The van der Waals surface area contributed by atoms with Crippen LogP contribution < -0.4 is 10.6 Å². The largest absolute Gasteiger partial charge is 0.480 e. The fraction of sp³-hybridized carbons (Fsp3) is 0.259. The summed E-state index contributed by atoms with van der Waals surface area (Å²) in [7, 11) is 0. The Labute approximate surface area is 203 Å². The summed E-state index contributed by atoms with van der Waals surface area (Å²) in [6, 6.07) is 19.6. The van der Waals surface area contributed by atoms with Gasteiger partial charge in [0.2, 0.25) is 0 Å². The number of rotatable bonds is 8. The summed E-state index contributed by atoms with van der Waals surface area (Å²) in [4.78, 5) is 40.7. The van der Waals surface area contributed by atoms with E-state index in [4.69, 9.17) is 4.74 Å². The highest BCUT2D eigenvalue weighted by molar-refractivity contribution is 5.95. The van der Waals surface area contributed by atoms with Crippen molar-refractivity contribution in [3.8, 4) is 11.1 Å². The zero-order valence-electron chi connectivity index (χ0n) is 19.5. The molecule has 0 bridgehead atoms. The number of carbonyl (C=O) groups is 3. The number of nitrogens with zero attached hydrogens (tertiary/aromatic N) is 1. The molecule has 3 N–H and O–H groups in total. The highest BCUT2D eigenvalue weighted by Crippen LogP contribution is 2.44. The summed E-state index contributed by atoms with van der Waals surface area (Å²) >= 11 is 0. The number of aliphatic carboxylic acids is 1. The second-order valence-corrected chi connectivity index (χ2v) is 8.53. The summed E-state index contributed by atoms with van der Waals surface area (Å²) in [5.41, 5.74) is 4.47. The van der Waals surface area contributed by atoms with Crippen LogP contribution in [0.15, 0.2) is 66.7 Å². The second kappa shape index (κ2) is 10.4. The van der Waals surface area contributed by atoms with Gasteiger partial charge in [-0.3, -0.25) is 10.1 Å². The summed E-state index contributed by atoms with van der Waals surface area (Å²) < 4.78 is 5.52. The predicted octanol–water partition coefficient (Wildman–Crippen LogP) is 4.67. The molecule has 0 fully saturated rings. The standard InChI is InChI=1S/C27H27N3O5/c1-3-16(2)24(26(32)33)30-25(31)22-13-8-14-23(28-22)29-27(34)35-15-21-19-11-6-4-9-17(19)18-10-5-7-12-20(18)21/h4-14,16,21,24H,3,15H2,1-2H3,(H,30,31)(H,32,33)(H,28,29,34)/t16?,24-/m0/s1. The number of carbonyl (C=O) groups excluding carboxylic acids is 2. The third-order valence-electron chi connectivity index (χ3n) is 6.32. The zero-order valence-corrected chi connectivity index (χ0v) is 19.5. The van der Waals surface area contributed by atoms with Crippen molar-refractivity contribution in [1.82, 2.24) is 10.3 Å². The summed E-state index contributed by atoms with van der Waals surface area (Å²) in [6.07, 6.45) is -0.103. The highest BCUT2D eigenvalue weighted by Gasteiger charge is 2.29. The third kappa shape index (κ3) is 5.16. The molecule has 0 radical (unpaired) electrons. The van der Waals surface area contributed by atoms with E-state index in [9.17, 15) is 19.5 Å². The Morgan fingerprint density at radius 1 is 0.971 bits per heavy atom. The minimum Gasteiger partial charge on any atom is -0.480 e. The lowest BCUT2D eigenvalue weighted by Gasteiger charge is -2.20. The molecule has 8 heteroatoms. The van der Waals surface area contributed by atoms with Gasteiger partial charge in [0.05, 0.1) is 0 Å². The number of anilines is 1. The van der Waals surface area contributed by atoms with Gasteiger partial charge >= 0.3 is 12.1 Å². The number of hydrogen-bond donors (Lipinski definition) is 3. The maximum absolute atomic E-state index is 12.6. The molecule has 3 aromatic rings. The van der Waals surface area contributed by atoms with E-state index in [-0.39, 0.29) is 30.0 Å². The predicted molar refractivity (Wildman–Crippen MR) is 131 cm³/mol. The first kappa shape index (κ1) is 23.9. The van der Waals surface area contributed by atoms with Crippen molar-refractivity contribution in [2.24, 2.45) is 5.92 Å². The highest BCUT2D eigenvalue weighted by atomic mass is 16.5. The molecule has 2 amide bonds. The van der Waals surface area contributed by atoms with Crippen molar-refractivity contribution in [3.05, 3.63) is 83.6 Å². The molecule has 1 aliphatic rings. The molecule has 35 heavy (non-hydrogen) atoms. The van der Waals surface area contributed by atoms with Gasteiger partial charge in [-0.15, -0.1) is 0 Å². The minimum atomic E-state index is -1.11. The van der Waals surface area contributed by atoms with Crippen LogP contribution >= 0.6 is 0 Å². The zero-order chi connectivity index (χ0) is 24.9. The van der Waals surface area contributed by atoms with E-state index in [1.807, 2.05) is 43.3 Å². The second-order valence-electron chi connectivity index (χ2n) is 8.53. The van der Waals surface area contributed by atoms with Crippen molar-refractivity contribution in [3.63, 3.8) is 0 Å². The average molecular weight is 474 g/mol. The smallest absolute Gasteiger partial charge is 0.412 e. The molecule has 1 aromatic heterocycles. The Kier molecular flexibility index (Phi) is 7.10. The van der Waals surface area contributed by atoms with E-state index >= 15 is 0 Å². The van der Waals surface area contributed by atoms with E-state index in [0.29, 0.717) is 6.42 Å². The molecular formula is C27H27N3O5. The number of fused-ring (bicyclic) bond motifs is 3. The third-order valence-corrected chi connectivity index (χ3v) is 6.32. The minimum absolute atomic E-state index is 0.00370. The van der Waals surface area contributed by atoms with Crippen LogP contribution in [0, 0.1) is 5.92 Å². The lowest BCUT2D eigenvalue weighted by atomic mass is 9.98. The van der Waals surface area contributed by atoms with E-state index in [1.165, 1.54) is 12.1 Å². The maximum atomic E-state index is 12.6. The van der Waals surface area contributed by atoms with Gasteiger partial charge in [-0.25, -0.2) is 14.6 Å². The molecule has 0 saturated heterocycles. The number of benzene rings is 2. The summed E-state index contributed by atoms with van der Waals surface area (Å²) in [5, 5.41) is 14.5. The van der Waals surface area contributed by atoms with Gasteiger partial charge in [-0.2, -0.15) is 0 Å². The van der Waals surface area contributed by atoms with Gasteiger partial charge in [0.25, 0.3) is 5.91 Å². The van der Waals surface area contributed by atoms with Gasteiger partial charge in [-0.1, -0.05) is 74.9 Å². The van der Waals surface area contributed by atoms with Crippen LogP contribution in [0.5, 0.6) is 0 Å². The van der Waals surface area contributed by atoms with Gasteiger partial charge in [0.1, 0.15) is 24.2 Å². The molecule has 2 aromatic carbocycles. The van der Waals surface area contributed by atoms with Crippen LogP contribution in [0.25, 0.3) is 11.1 Å². The number of carboxylic acids is 1. The van der Waals surface area contributed by atoms with Crippen molar-refractivity contribution >= 4 is 23.8 Å². The molecule has 2 atom stereocenters. The van der Waals surface area contributed by atoms with Crippen molar-refractivity contribution < 1.29 is 24.2 Å². The fourth-order valence-electron chi connectivity index (χ4n) is 4.27. The summed E-state index contributed by atoms with van der Waals surface area (Å²) in [6.45, 7) is 3.75. The molecule has 1 unspecified atom stereocenters. The molecule has 0 saturated carbocycles. The fourth-order valence-corrected chi connectivity index (χ4v) is 4.27. The first-order valence-electron chi connectivity index (χ1n) is 11.5. The van der Waals surface area contributed by atoms with Crippen LogP contribution in [0.3, 0.4) is 0 Å². The Hall–Kier alpha value is -4.20. The normalized spacial score (nSPS) is 13.8.